The highest BCUT2D eigenvalue weighted by molar-refractivity contribution is 5.25. The van der Waals surface area contributed by atoms with E-state index in [0.29, 0.717) is 5.92 Å². The van der Waals surface area contributed by atoms with Gasteiger partial charge in [0.25, 0.3) is 0 Å². The minimum absolute atomic E-state index is 0.240. The summed E-state index contributed by atoms with van der Waals surface area (Å²) in [6.45, 7) is 6.58. The van der Waals surface area contributed by atoms with Crippen molar-refractivity contribution < 1.29 is 0 Å². The molecule has 0 spiro atoms. The zero-order valence-corrected chi connectivity index (χ0v) is 10.5. The van der Waals surface area contributed by atoms with E-state index in [-0.39, 0.29) is 6.04 Å². The van der Waals surface area contributed by atoms with Gasteiger partial charge < -0.3 is 0 Å². The lowest BCUT2D eigenvalue weighted by Gasteiger charge is -2.21. The molecule has 0 radical (unpaired) electrons. The molecule has 2 atom stereocenters. The molecule has 3 heteroatoms. The molecule has 0 aliphatic rings. The van der Waals surface area contributed by atoms with Crippen molar-refractivity contribution in [3.05, 3.63) is 29.6 Å². The summed E-state index contributed by atoms with van der Waals surface area (Å²) in [5, 5.41) is 0. The Morgan fingerprint density at radius 3 is 2.81 bits per heavy atom. The summed E-state index contributed by atoms with van der Waals surface area (Å²) in [6, 6.07) is 2.29. The predicted octanol–water partition coefficient (Wildman–Crippen LogP) is 2.72. The number of nitrogens with two attached hydrogens (primary N) is 1. The highest BCUT2D eigenvalue weighted by Gasteiger charge is 2.15. The van der Waals surface area contributed by atoms with Gasteiger partial charge in [0.05, 0.1) is 0 Å². The van der Waals surface area contributed by atoms with Crippen LogP contribution in [0.5, 0.6) is 0 Å². The fourth-order valence-electron chi connectivity index (χ4n) is 2.17. The SMILES string of the molecule is CCCC(C)CC(NN)c1ccncc1C. The van der Waals surface area contributed by atoms with E-state index in [1.807, 2.05) is 12.4 Å². The first-order chi connectivity index (χ1) is 7.69. The van der Waals surface area contributed by atoms with Crippen LogP contribution >= 0.6 is 0 Å². The molecule has 1 aromatic rings. The number of rotatable bonds is 6. The first kappa shape index (κ1) is 13.1. The molecule has 0 aliphatic carbocycles. The monoisotopic (exact) mass is 221 g/mol. The van der Waals surface area contributed by atoms with E-state index < -0.39 is 0 Å². The smallest absolute Gasteiger partial charge is 0.0466 e. The second-order valence-electron chi connectivity index (χ2n) is 4.58. The molecule has 1 heterocycles. The highest BCUT2D eigenvalue weighted by Crippen LogP contribution is 2.24. The fourth-order valence-corrected chi connectivity index (χ4v) is 2.17. The Morgan fingerprint density at radius 2 is 2.25 bits per heavy atom. The molecule has 0 saturated carbocycles. The third-order valence-electron chi connectivity index (χ3n) is 3.06. The van der Waals surface area contributed by atoms with Gasteiger partial charge in [-0.15, -0.1) is 0 Å². The van der Waals surface area contributed by atoms with Crippen LogP contribution < -0.4 is 11.3 Å². The summed E-state index contributed by atoms with van der Waals surface area (Å²) >= 11 is 0. The maximum absolute atomic E-state index is 5.65. The first-order valence-corrected chi connectivity index (χ1v) is 6.05. The summed E-state index contributed by atoms with van der Waals surface area (Å²) in [7, 11) is 0. The molecule has 2 unspecified atom stereocenters. The highest BCUT2D eigenvalue weighted by atomic mass is 15.2. The lowest BCUT2D eigenvalue weighted by Crippen LogP contribution is -2.30. The van der Waals surface area contributed by atoms with Crippen LogP contribution in [0, 0.1) is 12.8 Å². The van der Waals surface area contributed by atoms with Crippen molar-refractivity contribution in [3.8, 4) is 0 Å². The minimum Gasteiger partial charge on any atom is -0.271 e. The lowest BCUT2D eigenvalue weighted by atomic mass is 9.92. The average molecular weight is 221 g/mol. The number of hydrazine groups is 1. The lowest BCUT2D eigenvalue weighted by molar-refractivity contribution is 0.393. The molecule has 1 rings (SSSR count). The maximum atomic E-state index is 5.65. The molecule has 1 aromatic heterocycles. The number of nitrogens with zero attached hydrogens (tertiary/aromatic N) is 1. The Morgan fingerprint density at radius 1 is 1.50 bits per heavy atom. The standard InChI is InChI=1S/C13H23N3/c1-4-5-10(2)8-13(16-14)12-6-7-15-9-11(12)3/h6-7,9-10,13,16H,4-5,8,14H2,1-3H3. The summed E-state index contributed by atoms with van der Waals surface area (Å²) in [5.74, 6) is 6.34. The van der Waals surface area contributed by atoms with Gasteiger partial charge in [0, 0.05) is 18.4 Å². The number of nitrogens with one attached hydrogen (secondary N) is 1. The van der Waals surface area contributed by atoms with Gasteiger partial charge in [-0.1, -0.05) is 26.7 Å². The summed E-state index contributed by atoms with van der Waals surface area (Å²) in [4.78, 5) is 4.11. The van der Waals surface area contributed by atoms with Crippen molar-refractivity contribution in [1.29, 1.82) is 0 Å². The quantitative estimate of drug-likeness (QED) is 0.573. The van der Waals surface area contributed by atoms with Crippen LogP contribution in [0.4, 0.5) is 0 Å². The van der Waals surface area contributed by atoms with Crippen LogP contribution in [0.25, 0.3) is 0 Å². The first-order valence-electron chi connectivity index (χ1n) is 6.05. The van der Waals surface area contributed by atoms with Crippen molar-refractivity contribution in [2.24, 2.45) is 11.8 Å². The van der Waals surface area contributed by atoms with Crippen molar-refractivity contribution in [2.75, 3.05) is 0 Å². The van der Waals surface area contributed by atoms with E-state index in [2.05, 4.69) is 37.2 Å². The molecule has 0 aliphatic heterocycles. The zero-order chi connectivity index (χ0) is 12.0. The minimum atomic E-state index is 0.240. The molecule has 16 heavy (non-hydrogen) atoms. The molecule has 0 aromatic carbocycles. The van der Waals surface area contributed by atoms with Gasteiger partial charge in [-0.05, 0) is 36.5 Å². The van der Waals surface area contributed by atoms with Gasteiger partial charge in [0.2, 0.25) is 0 Å². The van der Waals surface area contributed by atoms with Crippen LogP contribution in [0.3, 0.4) is 0 Å². The maximum Gasteiger partial charge on any atom is 0.0466 e. The number of hydrogen-bond donors (Lipinski definition) is 2. The number of aromatic nitrogens is 1. The van der Waals surface area contributed by atoms with Gasteiger partial charge >= 0.3 is 0 Å². The van der Waals surface area contributed by atoms with E-state index in [1.54, 1.807) is 0 Å². The predicted molar refractivity (Wildman–Crippen MR) is 67.7 cm³/mol. The van der Waals surface area contributed by atoms with Gasteiger partial charge in [-0.3, -0.25) is 16.3 Å². The van der Waals surface area contributed by atoms with Gasteiger partial charge in [-0.2, -0.15) is 0 Å². The molecule has 90 valence electrons. The Hall–Kier alpha value is -0.930. The van der Waals surface area contributed by atoms with Crippen LogP contribution in [0.15, 0.2) is 18.5 Å². The van der Waals surface area contributed by atoms with Crippen molar-refractivity contribution in [2.45, 2.75) is 46.1 Å². The van der Waals surface area contributed by atoms with Crippen LogP contribution in [-0.2, 0) is 0 Å². The topological polar surface area (TPSA) is 50.9 Å². The van der Waals surface area contributed by atoms with E-state index in [4.69, 9.17) is 5.84 Å². The fraction of sp³-hybridized carbons (Fsp3) is 0.615. The van der Waals surface area contributed by atoms with Crippen molar-refractivity contribution in [3.63, 3.8) is 0 Å². The molecule has 0 fully saturated rings. The van der Waals surface area contributed by atoms with E-state index >= 15 is 0 Å². The molecular formula is C13H23N3. The van der Waals surface area contributed by atoms with Gasteiger partial charge in [0.1, 0.15) is 0 Å². The Labute approximate surface area is 98.4 Å². The van der Waals surface area contributed by atoms with Crippen molar-refractivity contribution in [1.82, 2.24) is 10.4 Å². The Bertz CT molecular complexity index is 312. The van der Waals surface area contributed by atoms with E-state index in [0.717, 1.165) is 6.42 Å². The molecule has 0 amide bonds. The number of pyridine rings is 1. The Kier molecular flexibility index (Phi) is 5.43. The average Bonchev–Trinajstić information content (AvgIpc) is 2.27. The summed E-state index contributed by atoms with van der Waals surface area (Å²) in [6.07, 6.45) is 7.28. The molecule has 0 saturated heterocycles. The molecular weight excluding hydrogens is 198 g/mol. The normalized spacial score (nSPS) is 14.8. The largest absolute Gasteiger partial charge is 0.271 e. The summed E-state index contributed by atoms with van der Waals surface area (Å²) < 4.78 is 0. The third kappa shape index (κ3) is 3.58. The van der Waals surface area contributed by atoms with Crippen LogP contribution in [-0.4, -0.2) is 4.98 Å². The summed E-state index contributed by atoms with van der Waals surface area (Å²) in [5.41, 5.74) is 5.39. The molecule has 3 nitrogen and oxygen atoms in total. The Balaban J connectivity index is 2.71. The van der Waals surface area contributed by atoms with Crippen LogP contribution in [0.2, 0.25) is 0 Å². The number of aryl methyl sites for hydroxylation is 1. The second kappa shape index (κ2) is 6.61. The van der Waals surface area contributed by atoms with Gasteiger partial charge in [0.15, 0.2) is 0 Å². The molecule has 0 bridgehead atoms. The van der Waals surface area contributed by atoms with E-state index in [1.165, 1.54) is 24.0 Å². The van der Waals surface area contributed by atoms with E-state index in [9.17, 15) is 0 Å². The van der Waals surface area contributed by atoms with Crippen molar-refractivity contribution >= 4 is 0 Å². The molecule has 3 N–H and O–H groups in total. The second-order valence-corrected chi connectivity index (χ2v) is 4.58. The van der Waals surface area contributed by atoms with Crippen LogP contribution in [0.1, 0.15) is 50.3 Å². The number of hydrogen-bond acceptors (Lipinski definition) is 3. The van der Waals surface area contributed by atoms with Gasteiger partial charge in [-0.25, -0.2) is 0 Å². The zero-order valence-electron chi connectivity index (χ0n) is 10.5. The third-order valence-corrected chi connectivity index (χ3v) is 3.06.